The van der Waals surface area contributed by atoms with E-state index in [-0.39, 0.29) is 16.4 Å². The fourth-order valence-electron chi connectivity index (χ4n) is 0.959. The van der Waals surface area contributed by atoms with E-state index in [0.717, 1.165) is 0 Å². The molecule has 1 N–H and O–H groups in total. The van der Waals surface area contributed by atoms with Crippen molar-refractivity contribution in [3.63, 3.8) is 0 Å². The van der Waals surface area contributed by atoms with Crippen molar-refractivity contribution < 1.29 is 9.18 Å². The lowest BCUT2D eigenvalue weighted by Gasteiger charge is -2.08. The monoisotopic (exact) mass is 259 g/mol. The molecule has 76 valence electrons. The number of hydrogen-bond donors (Lipinski definition) is 1. The first-order valence-electron chi connectivity index (χ1n) is 4.34. The molecule has 1 amide bonds. The smallest absolute Gasteiger partial charge is 0.238 e. The zero-order valence-corrected chi connectivity index (χ0v) is 9.34. The van der Waals surface area contributed by atoms with E-state index in [9.17, 15) is 9.18 Å². The van der Waals surface area contributed by atoms with Crippen molar-refractivity contribution in [3.8, 4) is 0 Å². The second-order valence-corrected chi connectivity index (χ2v) is 3.95. The molecule has 14 heavy (non-hydrogen) atoms. The number of benzene rings is 1. The maximum atomic E-state index is 13.1. The molecule has 0 saturated carbocycles. The van der Waals surface area contributed by atoms with Gasteiger partial charge in [0.05, 0.1) is 10.5 Å². The van der Waals surface area contributed by atoms with Gasteiger partial charge < -0.3 is 5.32 Å². The summed E-state index contributed by atoms with van der Waals surface area (Å²) in [5.41, 5.74) is 0.218. The molecule has 1 aromatic rings. The summed E-state index contributed by atoms with van der Waals surface area (Å²) in [6.07, 6.45) is 0.667. The summed E-state index contributed by atoms with van der Waals surface area (Å²) >= 11 is 3.19. The van der Waals surface area contributed by atoms with Gasteiger partial charge in [0.15, 0.2) is 0 Å². The Labute approximate surface area is 90.6 Å². The lowest BCUT2D eigenvalue weighted by atomic mass is 10.2. The largest absolute Gasteiger partial charge is 0.323 e. The standard InChI is InChI=1S/C10H11BrFNO/c1-2-7(11)10(14)13-9-6-4-3-5-8(9)12/h3-7H,2H2,1H3,(H,13,14). The Hall–Kier alpha value is -0.900. The summed E-state index contributed by atoms with van der Waals surface area (Å²) in [6.45, 7) is 1.88. The molecule has 0 aromatic heterocycles. The predicted molar refractivity (Wildman–Crippen MR) is 58.0 cm³/mol. The number of halogens is 2. The summed E-state index contributed by atoms with van der Waals surface area (Å²) in [5.74, 6) is -0.644. The Kier molecular flexibility index (Phi) is 4.07. The molecule has 0 aliphatic carbocycles. The highest BCUT2D eigenvalue weighted by molar-refractivity contribution is 9.10. The number of alkyl halides is 1. The van der Waals surface area contributed by atoms with E-state index >= 15 is 0 Å². The zero-order chi connectivity index (χ0) is 10.6. The van der Waals surface area contributed by atoms with Gasteiger partial charge in [-0.15, -0.1) is 0 Å². The normalized spacial score (nSPS) is 12.2. The highest BCUT2D eigenvalue weighted by Crippen LogP contribution is 2.14. The maximum absolute atomic E-state index is 13.1. The molecule has 1 atom stereocenters. The SMILES string of the molecule is CCC(Br)C(=O)Nc1ccccc1F. The Morgan fingerprint density at radius 3 is 2.79 bits per heavy atom. The molecule has 1 unspecified atom stereocenters. The third kappa shape index (κ3) is 2.80. The molecule has 0 radical (unpaired) electrons. The van der Waals surface area contributed by atoms with Gasteiger partial charge in [-0.3, -0.25) is 4.79 Å². The van der Waals surface area contributed by atoms with E-state index in [4.69, 9.17) is 0 Å². The minimum atomic E-state index is -0.420. The molecule has 0 saturated heterocycles. The number of carbonyl (C=O) groups is 1. The molecule has 0 bridgehead atoms. The number of amides is 1. The van der Waals surface area contributed by atoms with E-state index in [2.05, 4.69) is 21.2 Å². The first-order chi connectivity index (χ1) is 6.65. The van der Waals surface area contributed by atoms with Crippen LogP contribution in [-0.2, 0) is 4.79 Å². The lowest BCUT2D eigenvalue weighted by Crippen LogP contribution is -2.22. The van der Waals surface area contributed by atoms with E-state index in [1.54, 1.807) is 12.1 Å². The van der Waals surface area contributed by atoms with Crippen molar-refractivity contribution >= 4 is 27.5 Å². The van der Waals surface area contributed by atoms with Gasteiger partial charge in [-0.25, -0.2) is 4.39 Å². The van der Waals surface area contributed by atoms with Gasteiger partial charge >= 0.3 is 0 Å². The molecule has 1 rings (SSSR count). The van der Waals surface area contributed by atoms with Crippen LogP contribution in [0, 0.1) is 5.82 Å². The lowest BCUT2D eigenvalue weighted by molar-refractivity contribution is -0.115. The second-order valence-electron chi connectivity index (χ2n) is 2.84. The topological polar surface area (TPSA) is 29.1 Å². The van der Waals surface area contributed by atoms with Crippen molar-refractivity contribution in [3.05, 3.63) is 30.1 Å². The van der Waals surface area contributed by atoms with Crippen LogP contribution in [0.15, 0.2) is 24.3 Å². The number of nitrogens with one attached hydrogen (secondary N) is 1. The highest BCUT2D eigenvalue weighted by atomic mass is 79.9. The fourth-order valence-corrected chi connectivity index (χ4v) is 1.07. The molecule has 0 spiro atoms. The Morgan fingerprint density at radius 1 is 1.57 bits per heavy atom. The van der Waals surface area contributed by atoms with E-state index in [0.29, 0.717) is 6.42 Å². The third-order valence-corrected chi connectivity index (χ3v) is 2.84. The fraction of sp³-hybridized carbons (Fsp3) is 0.300. The van der Waals surface area contributed by atoms with Crippen LogP contribution >= 0.6 is 15.9 Å². The molecule has 0 aliphatic rings. The highest BCUT2D eigenvalue weighted by Gasteiger charge is 2.13. The van der Waals surface area contributed by atoms with Gasteiger partial charge in [0.1, 0.15) is 5.82 Å². The summed E-state index contributed by atoms with van der Waals surface area (Å²) in [6, 6.07) is 6.09. The van der Waals surface area contributed by atoms with Gasteiger partial charge in [-0.1, -0.05) is 35.0 Å². The molecule has 4 heteroatoms. The maximum Gasteiger partial charge on any atom is 0.238 e. The van der Waals surface area contributed by atoms with Crippen LogP contribution in [0.4, 0.5) is 10.1 Å². The van der Waals surface area contributed by atoms with Crippen molar-refractivity contribution in [2.24, 2.45) is 0 Å². The molecule has 1 aromatic carbocycles. The Bertz CT molecular complexity index is 330. The van der Waals surface area contributed by atoms with Crippen LogP contribution in [-0.4, -0.2) is 10.7 Å². The van der Waals surface area contributed by atoms with E-state index in [1.807, 2.05) is 6.92 Å². The van der Waals surface area contributed by atoms with Gasteiger partial charge in [-0.2, -0.15) is 0 Å². The minimum Gasteiger partial charge on any atom is -0.323 e. The van der Waals surface area contributed by atoms with Gasteiger partial charge in [0, 0.05) is 0 Å². The summed E-state index contributed by atoms with van der Waals surface area (Å²) < 4.78 is 13.1. The summed E-state index contributed by atoms with van der Waals surface area (Å²) in [7, 11) is 0. The first-order valence-corrected chi connectivity index (χ1v) is 5.26. The van der Waals surface area contributed by atoms with Crippen LogP contribution in [0.3, 0.4) is 0 Å². The van der Waals surface area contributed by atoms with Gasteiger partial charge in [0.25, 0.3) is 0 Å². The molecule has 0 aliphatic heterocycles. The quantitative estimate of drug-likeness (QED) is 0.832. The summed E-state index contributed by atoms with van der Waals surface area (Å²) in [4.78, 5) is 11.1. The van der Waals surface area contributed by atoms with Crippen molar-refractivity contribution in [1.29, 1.82) is 0 Å². The van der Waals surface area contributed by atoms with Crippen LogP contribution in [0.25, 0.3) is 0 Å². The molecule has 0 fully saturated rings. The number of para-hydroxylation sites is 1. The molecule has 2 nitrogen and oxygen atoms in total. The van der Waals surface area contributed by atoms with Crippen LogP contribution in [0.2, 0.25) is 0 Å². The number of carbonyl (C=O) groups excluding carboxylic acids is 1. The van der Waals surface area contributed by atoms with Crippen molar-refractivity contribution in [1.82, 2.24) is 0 Å². The third-order valence-electron chi connectivity index (χ3n) is 1.77. The summed E-state index contributed by atoms with van der Waals surface area (Å²) in [5, 5.41) is 2.50. The average molecular weight is 260 g/mol. The van der Waals surface area contributed by atoms with Crippen LogP contribution in [0.1, 0.15) is 13.3 Å². The zero-order valence-electron chi connectivity index (χ0n) is 7.76. The Balaban J connectivity index is 2.70. The van der Waals surface area contributed by atoms with Gasteiger partial charge in [-0.05, 0) is 18.6 Å². The minimum absolute atomic E-state index is 0.218. The predicted octanol–water partition coefficient (Wildman–Crippen LogP) is 2.94. The average Bonchev–Trinajstić information content (AvgIpc) is 2.20. The number of anilines is 1. The molecular weight excluding hydrogens is 249 g/mol. The van der Waals surface area contributed by atoms with Crippen molar-refractivity contribution in [2.75, 3.05) is 5.32 Å². The van der Waals surface area contributed by atoms with Gasteiger partial charge in [0.2, 0.25) is 5.91 Å². The van der Waals surface area contributed by atoms with Crippen LogP contribution < -0.4 is 5.32 Å². The number of rotatable bonds is 3. The van der Waals surface area contributed by atoms with Crippen molar-refractivity contribution in [2.45, 2.75) is 18.2 Å². The molecular formula is C10H11BrFNO. The second kappa shape index (κ2) is 5.10. The first kappa shape index (κ1) is 11.2. The van der Waals surface area contributed by atoms with E-state index < -0.39 is 5.82 Å². The van der Waals surface area contributed by atoms with E-state index in [1.165, 1.54) is 12.1 Å². The molecule has 0 heterocycles. The van der Waals surface area contributed by atoms with Crippen LogP contribution in [0.5, 0.6) is 0 Å². The number of hydrogen-bond acceptors (Lipinski definition) is 1. The Morgan fingerprint density at radius 2 is 2.21 bits per heavy atom.